The zero-order chi connectivity index (χ0) is 18.8. The first kappa shape index (κ1) is 19.7. The molecular formula is C16H20ClNO6S. The van der Waals surface area contributed by atoms with E-state index in [4.69, 9.17) is 21.1 Å². The summed E-state index contributed by atoms with van der Waals surface area (Å²) in [5.41, 5.74) is -0.109. The van der Waals surface area contributed by atoms with Gasteiger partial charge >= 0.3 is 11.9 Å². The van der Waals surface area contributed by atoms with Crippen LogP contribution in [0.1, 0.15) is 37.6 Å². The van der Waals surface area contributed by atoms with Gasteiger partial charge in [-0.3, -0.25) is 0 Å². The molecule has 7 nitrogen and oxygen atoms in total. The topological polar surface area (TPSA) is 90.0 Å². The highest BCUT2D eigenvalue weighted by molar-refractivity contribution is 7.89. The minimum Gasteiger partial charge on any atom is -0.460 e. The highest BCUT2D eigenvalue weighted by Gasteiger charge is 2.36. The fraction of sp³-hybridized carbons (Fsp3) is 0.500. The van der Waals surface area contributed by atoms with E-state index in [1.165, 1.54) is 22.5 Å². The monoisotopic (exact) mass is 389 g/mol. The second kappa shape index (κ2) is 7.72. The number of esters is 2. The number of cyclic esters (lactones) is 1. The fourth-order valence-corrected chi connectivity index (χ4v) is 4.22. The number of carbonyl (C=O) groups excluding carboxylic acids is 2. The lowest BCUT2D eigenvalue weighted by Crippen LogP contribution is -2.30. The number of carbonyl (C=O) groups is 2. The molecule has 2 rings (SSSR count). The molecular weight excluding hydrogens is 370 g/mol. The predicted molar refractivity (Wildman–Crippen MR) is 90.9 cm³/mol. The Morgan fingerprint density at radius 2 is 2.00 bits per heavy atom. The van der Waals surface area contributed by atoms with Crippen LogP contribution in [0.2, 0.25) is 5.02 Å². The summed E-state index contributed by atoms with van der Waals surface area (Å²) in [7, 11) is -3.75. The lowest BCUT2D eigenvalue weighted by molar-refractivity contribution is -0.147. The number of hydrogen-bond acceptors (Lipinski definition) is 6. The van der Waals surface area contributed by atoms with Crippen molar-refractivity contribution in [3.05, 3.63) is 28.8 Å². The van der Waals surface area contributed by atoms with Gasteiger partial charge in [-0.1, -0.05) is 25.4 Å². The minimum absolute atomic E-state index is 0.0444. The number of rotatable bonds is 6. The molecule has 0 amide bonds. The Bertz CT molecular complexity index is 775. The Labute approximate surface area is 151 Å². The quantitative estimate of drug-likeness (QED) is 0.693. The minimum atomic E-state index is -3.75. The highest BCUT2D eigenvalue weighted by atomic mass is 35.5. The summed E-state index contributed by atoms with van der Waals surface area (Å²) in [6, 6.07) is 3.82. The van der Waals surface area contributed by atoms with Crippen LogP contribution in [0.25, 0.3) is 0 Å². The Hall–Kier alpha value is -1.64. The van der Waals surface area contributed by atoms with Crippen molar-refractivity contribution >= 4 is 33.6 Å². The number of nitrogens with zero attached hydrogens (tertiary/aromatic N) is 1. The molecule has 0 radical (unpaired) electrons. The summed E-state index contributed by atoms with van der Waals surface area (Å²) >= 11 is 6.01. The lowest BCUT2D eigenvalue weighted by Gasteiger charge is -2.19. The third-order valence-corrected chi connectivity index (χ3v) is 6.25. The molecule has 0 spiro atoms. The molecule has 25 heavy (non-hydrogen) atoms. The molecule has 0 N–H and O–H groups in total. The molecule has 9 heteroatoms. The maximum Gasteiger partial charge on any atom is 0.347 e. The summed E-state index contributed by atoms with van der Waals surface area (Å²) < 4.78 is 36.5. The van der Waals surface area contributed by atoms with Crippen LogP contribution >= 0.6 is 11.6 Å². The van der Waals surface area contributed by atoms with E-state index in [9.17, 15) is 18.0 Å². The van der Waals surface area contributed by atoms with Gasteiger partial charge in [0.05, 0.1) is 15.5 Å². The van der Waals surface area contributed by atoms with Crippen LogP contribution in [-0.4, -0.2) is 50.0 Å². The van der Waals surface area contributed by atoms with Crippen molar-refractivity contribution < 1.29 is 27.5 Å². The van der Waals surface area contributed by atoms with Crippen LogP contribution in [0.4, 0.5) is 0 Å². The highest BCUT2D eigenvalue weighted by Crippen LogP contribution is 2.25. The smallest absolute Gasteiger partial charge is 0.347 e. The predicted octanol–water partition coefficient (Wildman–Crippen LogP) is 2.23. The van der Waals surface area contributed by atoms with Crippen LogP contribution in [0.15, 0.2) is 23.1 Å². The first-order valence-electron chi connectivity index (χ1n) is 7.91. The number of ether oxygens (including phenoxy) is 2. The Balaban J connectivity index is 2.30. The molecule has 1 saturated heterocycles. The van der Waals surface area contributed by atoms with E-state index < -0.39 is 28.1 Å². The zero-order valence-electron chi connectivity index (χ0n) is 14.2. The first-order valence-corrected chi connectivity index (χ1v) is 9.73. The normalized spacial score (nSPS) is 20.6. The van der Waals surface area contributed by atoms with E-state index in [1.54, 1.807) is 20.8 Å². The standard InChI is InChI=1S/C16H20ClNO6S/c1-4-18(5-2)25(21,22)11-6-7-13(17)12(9-11)15(19)24-14-8-10(3)23-16(14)20/h6-7,9-10,14H,4-5,8H2,1-3H3/t10-,14-/m0/s1. The van der Waals surface area contributed by atoms with Crippen molar-refractivity contribution in [2.75, 3.05) is 13.1 Å². The molecule has 1 fully saturated rings. The molecule has 0 bridgehead atoms. The number of sulfonamides is 1. The summed E-state index contributed by atoms with van der Waals surface area (Å²) in [4.78, 5) is 23.9. The molecule has 1 aliphatic heterocycles. The van der Waals surface area contributed by atoms with Gasteiger partial charge in [-0.2, -0.15) is 4.31 Å². The fourth-order valence-electron chi connectivity index (χ4n) is 2.54. The van der Waals surface area contributed by atoms with Crippen LogP contribution in [0.3, 0.4) is 0 Å². The van der Waals surface area contributed by atoms with Crippen LogP contribution in [0, 0.1) is 0 Å². The van der Waals surface area contributed by atoms with Gasteiger partial charge in [0.25, 0.3) is 0 Å². The van der Waals surface area contributed by atoms with Crippen molar-refractivity contribution in [1.29, 1.82) is 0 Å². The third-order valence-electron chi connectivity index (χ3n) is 3.88. The molecule has 2 atom stereocenters. The SMILES string of the molecule is CCN(CC)S(=O)(=O)c1ccc(Cl)c(C(=O)O[C@H]2C[C@H](C)OC2=O)c1. The van der Waals surface area contributed by atoms with Gasteiger partial charge < -0.3 is 9.47 Å². The molecule has 0 saturated carbocycles. The zero-order valence-corrected chi connectivity index (χ0v) is 15.8. The van der Waals surface area contributed by atoms with E-state index >= 15 is 0 Å². The van der Waals surface area contributed by atoms with E-state index in [-0.39, 0.29) is 28.0 Å². The number of halogens is 1. The Morgan fingerprint density at radius 3 is 2.52 bits per heavy atom. The number of benzene rings is 1. The summed E-state index contributed by atoms with van der Waals surface area (Å²) in [6.07, 6.45) is -1.10. The average molecular weight is 390 g/mol. The second-order valence-electron chi connectivity index (χ2n) is 5.61. The summed E-state index contributed by atoms with van der Waals surface area (Å²) in [5.74, 6) is -1.48. The van der Waals surface area contributed by atoms with Crippen LogP contribution < -0.4 is 0 Å². The first-order chi connectivity index (χ1) is 11.7. The van der Waals surface area contributed by atoms with Gasteiger partial charge in [-0.15, -0.1) is 0 Å². The third kappa shape index (κ3) is 4.13. The second-order valence-corrected chi connectivity index (χ2v) is 7.95. The van der Waals surface area contributed by atoms with Crippen molar-refractivity contribution in [1.82, 2.24) is 4.31 Å². The van der Waals surface area contributed by atoms with Crippen molar-refractivity contribution in [2.24, 2.45) is 0 Å². The molecule has 1 heterocycles. The Morgan fingerprint density at radius 1 is 1.36 bits per heavy atom. The number of hydrogen-bond donors (Lipinski definition) is 0. The van der Waals surface area contributed by atoms with Gasteiger partial charge in [0.1, 0.15) is 6.10 Å². The molecule has 1 aromatic carbocycles. The largest absolute Gasteiger partial charge is 0.460 e. The van der Waals surface area contributed by atoms with Crippen molar-refractivity contribution in [3.63, 3.8) is 0 Å². The maximum atomic E-state index is 12.6. The van der Waals surface area contributed by atoms with Crippen molar-refractivity contribution in [3.8, 4) is 0 Å². The molecule has 0 unspecified atom stereocenters. The van der Waals surface area contributed by atoms with Crippen molar-refractivity contribution in [2.45, 2.75) is 44.3 Å². The Kier molecular flexibility index (Phi) is 6.08. The van der Waals surface area contributed by atoms with Gasteiger partial charge in [0.15, 0.2) is 0 Å². The molecule has 1 aliphatic rings. The van der Waals surface area contributed by atoms with Gasteiger partial charge in [-0.25, -0.2) is 18.0 Å². The van der Waals surface area contributed by atoms with Crippen LogP contribution in [-0.2, 0) is 24.3 Å². The molecule has 138 valence electrons. The van der Waals surface area contributed by atoms with Gasteiger partial charge in [-0.05, 0) is 25.1 Å². The average Bonchev–Trinajstić information content (AvgIpc) is 2.85. The lowest BCUT2D eigenvalue weighted by atomic mass is 10.2. The van der Waals surface area contributed by atoms with E-state index in [1.807, 2.05) is 0 Å². The van der Waals surface area contributed by atoms with Crippen LogP contribution in [0.5, 0.6) is 0 Å². The summed E-state index contributed by atoms with van der Waals surface area (Å²) in [5, 5.41) is 0.0444. The molecule has 0 aliphatic carbocycles. The van der Waals surface area contributed by atoms with Gasteiger partial charge in [0.2, 0.25) is 16.1 Å². The van der Waals surface area contributed by atoms with E-state index in [0.717, 1.165) is 0 Å². The summed E-state index contributed by atoms with van der Waals surface area (Å²) in [6.45, 7) is 5.73. The van der Waals surface area contributed by atoms with E-state index in [0.29, 0.717) is 13.1 Å². The molecule has 0 aromatic heterocycles. The molecule has 1 aromatic rings. The van der Waals surface area contributed by atoms with E-state index in [2.05, 4.69) is 0 Å². The maximum absolute atomic E-state index is 12.6. The van der Waals surface area contributed by atoms with Gasteiger partial charge in [0, 0.05) is 19.5 Å².